The number of carbonyl (C=O) groups is 1. The minimum Gasteiger partial charge on any atom is -0.493 e. The van der Waals surface area contributed by atoms with Crippen LogP contribution in [-0.2, 0) is 0 Å². The second-order valence-electron chi connectivity index (χ2n) is 9.37. The molecule has 0 bridgehead atoms. The fraction of sp³-hybridized carbons (Fsp3) is 0.708. The van der Waals surface area contributed by atoms with Crippen LogP contribution in [0.25, 0.3) is 0 Å². The average molecular weight is 416 g/mol. The quantitative estimate of drug-likeness (QED) is 0.723. The van der Waals surface area contributed by atoms with Gasteiger partial charge in [-0.05, 0) is 50.3 Å². The summed E-state index contributed by atoms with van der Waals surface area (Å²) in [6.07, 6.45) is 3.58. The van der Waals surface area contributed by atoms with E-state index in [-0.39, 0.29) is 18.1 Å². The summed E-state index contributed by atoms with van der Waals surface area (Å²) in [6, 6.07) is 7.86. The molecule has 6 heteroatoms. The van der Waals surface area contributed by atoms with Gasteiger partial charge in [0.15, 0.2) is 0 Å². The largest absolute Gasteiger partial charge is 0.493 e. The van der Waals surface area contributed by atoms with Gasteiger partial charge in [-0.25, -0.2) is 0 Å². The van der Waals surface area contributed by atoms with Gasteiger partial charge in [0.25, 0.3) is 5.91 Å². The van der Waals surface area contributed by atoms with Gasteiger partial charge in [0.1, 0.15) is 5.75 Å². The Bertz CT molecular complexity index is 719. The molecule has 30 heavy (non-hydrogen) atoms. The number of aliphatic hydroxyl groups excluding tert-OH is 1. The molecule has 6 nitrogen and oxygen atoms in total. The van der Waals surface area contributed by atoms with Crippen LogP contribution < -0.4 is 4.74 Å². The summed E-state index contributed by atoms with van der Waals surface area (Å²) < 4.78 is 5.90. The Hall–Kier alpha value is -1.63. The van der Waals surface area contributed by atoms with Gasteiger partial charge in [-0.1, -0.05) is 25.5 Å². The van der Waals surface area contributed by atoms with E-state index in [4.69, 9.17) is 4.74 Å². The second-order valence-corrected chi connectivity index (χ2v) is 9.37. The molecule has 2 saturated heterocycles. The lowest BCUT2D eigenvalue weighted by atomic mass is 9.77. The number of rotatable bonds is 6. The lowest BCUT2D eigenvalue weighted by Gasteiger charge is -2.44. The average Bonchev–Trinajstić information content (AvgIpc) is 3.17. The van der Waals surface area contributed by atoms with Gasteiger partial charge in [-0.3, -0.25) is 9.69 Å². The van der Waals surface area contributed by atoms with Crippen LogP contribution in [0.5, 0.6) is 5.75 Å². The highest BCUT2D eigenvalue weighted by atomic mass is 16.5. The standard InChI is InChI=1S/C24H37N3O3/c1-3-4-13-30-23-8-6-5-7-20(23)24(29)27-16-18-14-21(22(28)15-19(18)17-27)26-11-9-25(2)10-12-26/h5-8,18-19,21-22,28H,3-4,9-17H2,1-2H3/t18-,19+,21-,22-/m1/s1. The monoisotopic (exact) mass is 415 g/mol. The van der Waals surface area contributed by atoms with Crippen molar-refractivity contribution in [3.8, 4) is 5.75 Å². The van der Waals surface area contributed by atoms with E-state index in [0.717, 1.165) is 65.0 Å². The normalized spacial score (nSPS) is 30.3. The summed E-state index contributed by atoms with van der Waals surface area (Å²) in [5.74, 6) is 1.65. The van der Waals surface area contributed by atoms with Gasteiger partial charge in [0.05, 0.1) is 18.3 Å². The van der Waals surface area contributed by atoms with Gasteiger partial charge in [0.2, 0.25) is 0 Å². The Labute approximate surface area is 180 Å². The number of hydrogen-bond donors (Lipinski definition) is 1. The van der Waals surface area contributed by atoms with Crippen molar-refractivity contribution in [1.29, 1.82) is 0 Å². The Morgan fingerprint density at radius 3 is 2.53 bits per heavy atom. The molecule has 0 spiro atoms. The van der Waals surface area contributed by atoms with Gasteiger partial charge in [0, 0.05) is 45.3 Å². The predicted molar refractivity (Wildman–Crippen MR) is 118 cm³/mol. The van der Waals surface area contributed by atoms with Gasteiger partial charge in [-0.15, -0.1) is 0 Å². The molecule has 4 rings (SSSR count). The molecule has 3 aliphatic rings. The molecule has 0 unspecified atom stereocenters. The third-order valence-corrected chi connectivity index (χ3v) is 7.28. The molecular formula is C24H37N3O3. The Morgan fingerprint density at radius 2 is 1.80 bits per heavy atom. The fourth-order valence-electron chi connectivity index (χ4n) is 5.39. The number of para-hydroxylation sites is 1. The Balaban J connectivity index is 1.40. The number of aliphatic hydroxyl groups is 1. The highest BCUT2D eigenvalue weighted by molar-refractivity contribution is 5.97. The number of piperazine rings is 1. The number of likely N-dealkylation sites (N-methyl/N-ethyl adjacent to an activating group) is 1. The molecule has 1 N–H and O–H groups in total. The van der Waals surface area contributed by atoms with E-state index in [1.54, 1.807) is 0 Å². The number of benzene rings is 1. The van der Waals surface area contributed by atoms with Crippen molar-refractivity contribution < 1.29 is 14.6 Å². The highest BCUT2D eigenvalue weighted by Gasteiger charge is 2.45. The van der Waals surface area contributed by atoms with Crippen LogP contribution in [0.2, 0.25) is 0 Å². The molecule has 0 aromatic heterocycles. The van der Waals surface area contributed by atoms with E-state index in [1.165, 1.54) is 0 Å². The van der Waals surface area contributed by atoms with Crippen molar-refractivity contribution in [3.63, 3.8) is 0 Å². The molecule has 1 aliphatic carbocycles. The van der Waals surface area contributed by atoms with Crippen LogP contribution in [-0.4, -0.2) is 90.8 Å². The fourth-order valence-corrected chi connectivity index (χ4v) is 5.39. The minimum atomic E-state index is -0.283. The predicted octanol–water partition coefficient (Wildman–Crippen LogP) is 2.32. The second kappa shape index (κ2) is 9.67. The van der Waals surface area contributed by atoms with Crippen LogP contribution in [0, 0.1) is 11.8 Å². The number of nitrogens with zero attached hydrogens (tertiary/aromatic N) is 3. The minimum absolute atomic E-state index is 0.0714. The molecule has 166 valence electrons. The van der Waals surface area contributed by atoms with Gasteiger partial charge in [-0.2, -0.15) is 0 Å². The third-order valence-electron chi connectivity index (χ3n) is 7.28. The number of ether oxygens (including phenoxy) is 1. The molecule has 4 atom stereocenters. The summed E-state index contributed by atoms with van der Waals surface area (Å²) in [6.45, 7) is 8.51. The SMILES string of the molecule is CCCCOc1ccccc1C(=O)N1C[C@H]2C[C@@H](N3CCN(C)CC3)[C@H](O)C[C@H]2C1. The first-order valence-electron chi connectivity index (χ1n) is 11.7. The molecule has 1 aromatic rings. The number of amides is 1. The van der Waals surface area contributed by atoms with Crippen LogP contribution in [0.15, 0.2) is 24.3 Å². The maximum absolute atomic E-state index is 13.3. The number of carbonyl (C=O) groups excluding carboxylic acids is 1. The number of fused-ring (bicyclic) bond motifs is 1. The zero-order chi connectivity index (χ0) is 21.1. The van der Waals surface area contributed by atoms with E-state index in [2.05, 4.69) is 23.8 Å². The summed E-state index contributed by atoms with van der Waals surface area (Å²) in [4.78, 5) is 20.1. The molecule has 2 heterocycles. The Morgan fingerprint density at radius 1 is 1.10 bits per heavy atom. The van der Waals surface area contributed by atoms with Crippen LogP contribution in [0.4, 0.5) is 0 Å². The lowest BCUT2D eigenvalue weighted by molar-refractivity contribution is -0.0249. The van der Waals surface area contributed by atoms with Crippen molar-refractivity contribution in [3.05, 3.63) is 29.8 Å². The lowest BCUT2D eigenvalue weighted by Crippen LogP contribution is -2.55. The summed E-state index contributed by atoms with van der Waals surface area (Å²) >= 11 is 0. The van der Waals surface area contributed by atoms with Crippen molar-refractivity contribution in [1.82, 2.24) is 14.7 Å². The van der Waals surface area contributed by atoms with Crippen molar-refractivity contribution >= 4 is 5.91 Å². The van der Waals surface area contributed by atoms with E-state index in [0.29, 0.717) is 29.8 Å². The first-order valence-corrected chi connectivity index (χ1v) is 11.7. The molecular weight excluding hydrogens is 378 g/mol. The number of unbranched alkanes of at least 4 members (excludes halogenated alkanes) is 1. The molecule has 1 aromatic carbocycles. The summed E-state index contributed by atoms with van der Waals surface area (Å²) in [7, 11) is 2.16. The van der Waals surface area contributed by atoms with E-state index >= 15 is 0 Å². The maximum atomic E-state index is 13.3. The molecule has 0 radical (unpaired) electrons. The van der Waals surface area contributed by atoms with Crippen molar-refractivity contribution in [2.75, 3.05) is 52.9 Å². The van der Waals surface area contributed by atoms with E-state index < -0.39 is 0 Å². The first-order chi connectivity index (χ1) is 14.6. The first kappa shape index (κ1) is 21.6. The van der Waals surface area contributed by atoms with Crippen molar-refractivity contribution in [2.45, 2.75) is 44.8 Å². The maximum Gasteiger partial charge on any atom is 0.257 e. The smallest absolute Gasteiger partial charge is 0.257 e. The zero-order valence-corrected chi connectivity index (χ0v) is 18.5. The van der Waals surface area contributed by atoms with Crippen LogP contribution in [0.1, 0.15) is 43.0 Å². The Kier molecular flexibility index (Phi) is 6.96. The zero-order valence-electron chi connectivity index (χ0n) is 18.5. The molecule has 3 fully saturated rings. The molecule has 2 aliphatic heterocycles. The summed E-state index contributed by atoms with van der Waals surface area (Å²) in [5.41, 5.74) is 0.670. The van der Waals surface area contributed by atoms with Crippen LogP contribution >= 0.6 is 0 Å². The molecule has 1 amide bonds. The van der Waals surface area contributed by atoms with Gasteiger partial charge < -0.3 is 19.6 Å². The topological polar surface area (TPSA) is 56.2 Å². The number of likely N-dealkylation sites (tertiary alicyclic amines) is 1. The summed E-state index contributed by atoms with van der Waals surface area (Å²) in [5, 5.41) is 10.9. The van der Waals surface area contributed by atoms with E-state index in [9.17, 15) is 9.90 Å². The van der Waals surface area contributed by atoms with Crippen molar-refractivity contribution in [2.24, 2.45) is 11.8 Å². The van der Waals surface area contributed by atoms with E-state index in [1.807, 2.05) is 29.2 Å². The third kappa shape index (κ3) is 4.66. The molecule has 1 saturated carbocycles. The van der Waals surface area contributed by atoms with Gasteiger partial charge >= 0.3 is 0 Å². The van der Waals surface area contributed by atoms with Crippen LogP contribution in [0.3, 0.4) is 0 Å². The number of hydrogen-bond acceptors (Lipinski definition) is 5. The highest BCUT2D eigenvalue weighted by Crippen LogP contribution is 2.39.